The summed E-state index contributed by atoms with van der Waals surface area (Å²) < 4.78 is 0. The summed E-state index contributed by atoms with van der Waals surface area (Å²) in [5.74, 6) is -0.0195. The molecule has 1 amide bonds. The van der Waals surface area contributed by atoms with Crippen molar-refractivity contribution in [1.29, 1.82) is 0 Å². The summed E-state index contributed by atoms with van der Waals surface area (Å²) >= 11 is 0. The SMILES string of the molecule is O=C(NC1CNC1)c1ccncc1. The van der Waals surface area contributed by atoms with Gasteiger partial charge in [-0.05, 0) is 12.1 Å². The minimum atomic E-state index is -0.0195. The van der Waals surface area contributed by atoms with E-state index in [2.05, 4.69) is 15.6 Å². The summed E-state index contributed by atoms with van der Waals surface area (Å²) in [5, 5.41) is 5.99. The number of hydrogen-bond acceptors (Lipinski definition) is 3. The molecule has 1 aromatic heterocycles. The van der Waals surface area contributed by atoms with E-state index in [0.717, 1.165) is 13.1 Å². The fourth-order valence-electron chi connectivity index (χ4n) is 1.16. The van der Waals surface area contributed by atoms with Gasteiger partial charge >= 0.3 is 0 Å². The van der Waals surface area contributed by atoms with Crippen molar-refractivity contribution in [1.82, 2.24) is 15.6 Å². The van der Waals surface area contributed by atoms with Crippen LogP contribution in [0.4, 0.5) is 0 Å². The van der Waals surface area contributed by atoms with E-state index in [9.17, 15) is 4.79 Å². The number of amides is 1. The third-order valence-electron chi connectivity index (χ3n) is 2.06. The first-order valence-electron chi connectivity index (χ1n) is 4.28. The van der Waals surface area contributed by atoms with E-state index in [1.54, 1.807) is 24.5 Å². The summed E-state index contributed by atoms with van der Waals surface area (Å²) in [7, 11) is 0. The Morgan fingerprint density at radius 3 is 2.69 bits per heavy atom. The van der Waals surface area contributed by atoms with Crippen molar-refractivity contribution in [3.8, 4) is 0 Å². The van der Waals surface area contributed by atoms with Crippen molar-refractivity contribution in [3.05, 3.63) is 30.1 Å². The monoisotopic (exact) mass is 177 g/mol. The minimum Gasteiger partial charge on any atom is -0.347 e. The lowest BCUT2D eigenvalue weighted by Gasteiger charge is -2.27. The molecule has 1 saturated heterocycles. The zero-order valence-electron chi connectivity index (χ0n) is 7.16. The molecule has 4 heteroatoms. The van der Waals surface area contributed by atoms with Gasteiger partial charge in [-0.1, -0.05) is 0 Å². The Morgan fingerprint density at radius 1 is 1.46 bits per heavy atom. The van der Waals surface area contributed by atoms with Crippen LogP contribution in [-0.2, 0) is 0 Å². The average molecular weight is 177 g/mol. The highest BCUT2D eigenvalue weighted by Crippen LogP contribution is 1.98. The van der Waals surface area contributed by atoms with Crippen LogP contribution in [0, 0.1) is 0 Å². The van der Waals surface area contributed by atoms with Crippen molar-refractivity contribution in [2.24, 2.45) is 0 Å². The van der Waals surface area contributed by atoms with Gasteiger partial charge in [-0.15, -0.1) is 0 Å². The second-order valence-electron chi connectivity index (χ2n) is 3.06. The van der Waals surface area contributed by atoms with E-state index in [1.807, 2.05) is 0 Å². The Labute approximate surface area is 76.4 Å². The van der Waals surface area contributed by atoms with Gasteiger partial charge in [0, 0.05) is 31.0 Å². The molecule has 1 fully saturated rings. The molecule has 13 heavy (non-hydrogen) atoms. The third kappa shape index (κ3) is 1.84. The summed E-state index contributed by atoms with van der Waals surface area (Å²) in [6.45, 7) is 1.74. The molecule has 2 N–H and O–H groups in total. The van der Waals surface area contributed by atoms with Crippen LogP contribution in [0.3, 0.4) is 0 Å². The molecule has 1 aliphatic rings. The maximum Gasteiger partial charge on any atom is 0.251 e. The highest BCUT2D eigenvalue weighted by atomic mass is 16.1. The molecular formula is C9H11N3O. The Hall–Kier alpha value is -1.42. The van der Waals surface area contributed by atoms with Crippen molar-refractivity contribution in [2.45, 2.75) is 6.04 Å². The molecule has 0 aliphatic carbocycles. The molecule has 0 unspecified atom stereocenters. The fourth-order valence-corrected chi connectivity index (χ4v) is 1.16. The Bertz CT molecular complexity index is 295. The summed E-state index contributed by atoms with van der Waals surface area (Å²) in [5.41, 5.74) is 0.668. The summed E-state index contributed by atoms with van der Waals surface area (Å²) in [4.78, 5) is 15.3. The van der Waals surface area contributed by atoms with Crippen LogP contribution in [0.15, 0.2) is 24.5 Å². The van der Waals surface area contributed by atoms with Gasteiger partial charge in [0.1, 0.15) is 0 Å². The minimum absolute atomic E-state index is 0.0195. The summed E-state index contributed by atoms with van der Waals surface area (Å²) in [6.07, 6.45) is 3.24. The van der Waals surface area contributed by atoms with E-state index in [-0.39, 0.29) is 5.91 Å². The first-order chi connectivity index (χ1) is 6.36. The van der Waals surface area contributed by atoms with Gasteiger partial charge < -0.3 is 10.6 Å². The predicted molar refractivity (Wildman–Crippen MR) is 48.4 cm³/mol. The van der Waals surface area contributed by atoms with Crippen LogP contribution in [0.2, 0.25) is 0 Å². The van der Waals surface area contributed by atoms with Gasteiger partial charge in [-0.3, -0.25) is 9.78 Å². The van der Waals surface area contributed by atoms with Crippen LogP contribution >= 0.6 is 0 Å². The maximum absolute atomic E-state index is 11.5. The zero-order valence-corrected chi connectivity index (χ0v) is 7.16. The van der Waals surface area contributed by atoms with Gasteiger partial charge in [0.2, 0.25) is 0 Å². The Morgan fingerprint density at radius 2 is 2.15 bits per heavy atom. The second-order valence-corrected chi connectivity index (χ2v) is 3.06. The molecule has 1 aromatic rings. The molecule has 1 aliphatic heterocycles. The number of carbonyl (C=O) groups excluding carboxylic acids is 1. The van der Waals surface area contributed by atoms with Crippen LogP contribution in [-0.4, -0.2) is 30.0 Å². The number of hydrogen-bond donors (Lipinski definition) is 2. The highest BCUT2D eigenvalue weighted by molar-refractivity contribution is 5.94. The zero-order chi connectivity index (χ0) is 9.10. The molecule has 2 heterocycles. The molecular weight excluding hydrogens is 166 g/mol. The van der Waals surface area contributed by atoms with Gasteiger partial charge in [-0.2, -0.15) is 0 Å². The number of aromatic nitrogens is 1. The molecule has 0 saturated carbocycles. The fraction of sp³-hybridized carbons (Fsp3) is 0.333. The van der Waals surface area contributed by atoms with Crippen molar-refractivity contribution in [2.75, 3.05) is 13.1 Å². The quantitative estimate of drug-likeness (QED) is 0.657. The van der Waals surface area contributed by atoms with Crippen molar-refractivity contribution < 1.29 is 4.79 Å². The highest BCUT2D eigenvalue weighted by Gasteiger charge is 2.18. The Kier molecular flexibility index (Phi) is 2.23. The van der Waals surface area contributed by atoms with E-state index in [1.165, 1.54) is 0 Å². The second kappa shape index (κ2) is 3.53. The number of carbonyl (C=O) groups is 1. The largest absolute Gasteiger partial charge is 0.347 e. The van der Waals surface area contributed by atoms with Crippen molar-refractivity contribution in [3.63, 3.8) is 0 Å². The molecule has 0 aromatic carbocycles. The maximum atomic E-state index is 11.5. The third-order valence-corrected chi connectivity index (χ3v) is 2.06. The van der Waals surface area contributed by atoms with Crippen LogP contribution < -0.4 is 10.6 Å². The lowest BCUT2D eigenvalue weighted by molar-refractivity contribution is 0.0924. The number of pyridine rings is 1. The van der Waals surface area contributed by atoms with E-state index in [4.69, 9.17) is 0 Å². The molecule has 0 bridgehead atoms. The molecule has 0 atom stereocenters. The van der Waals surface area contributed by atoms with Crippen LogP contribution in [0.5, 0.6) is 0 Å². The molecule has 0 spiro atoms. The van der Waals surface area contributed by atoms with Gasteiger partial charge in [-0.25, -0.2) is 0 Å². The number of nitrogens with one attached hydrogen (secondary N) is 2. The van der Waals surface area contributed by atoms with Crippen LogP contribution in [0.25, 0.3) is 0 Å². The topological polar surface area (TPSA) is 54.0 Å². The van der Waals surface area contributed by atoms with E-state index < -0.39 is 0 Å². The molecule has 0 radical (unpaired) electrons. The normalized spacial score (nSPS) is 16.3. The van der Waals surface area contributed by atoms with Gasteiger partial charge in [0.25, 0.3) is 5.91 Å². The number of nitrogens with zero attached hydrogens (tertiary/aromatic N) is 1. The number of rotatable bonds is 2. The van der Waals surface area contributed by atoms with E-state index in [0.29, 0.717) is 11.6 Å². The standard InChI is InChI=1S/C9H11N3O/c13-9(12-8-5-11-6-8)7-1-3-10-4-2-7/h1-4,8,11H,5-6H2,(H,12,13). The van der Waals surface area contributed by atoms with Gasteiger partial charge in [0.05, 0.1) is 6.04 Å². The molecule has 4 nitrogen and oxygen atoms in total. The van der Waals surface area contributed by atoms with Crippen molar-refractivity contribution >= 4 is 5.91 Å². The Balaban J connectivity index is 1.97. The van der Waals surface area contributed by atoms with Crippen LogP contribution in [0.1, 0.15) is 10.4 Å². The first kappa shape index (κ1) is 8.19. The smallest absolute Gasteiger partial charge is 0.251 e. The predicted octanol–water partition coefficient (Wildman–Crippen LogP) is -0.217. The summed E-state index contributed by atoms with van der Waals surface area (Å²) in [6, 6.07) is 3.71. The average Bonchev–Trinajstić information content (AvgIpc) is 2.12. The molecule has 2 rings (SSSR count). The lowest BCUT2D eigenvalue weighted by Crippen LogP contribution is -2.56. The lowest BCUT2D eigenvalue weighted by atomic mass is 10.1. The first-order valence-corrected chi connectivity index (χ1v) is 4.28. The molecule has 68 valence electrons. The van der Waals surface area contributed by atoms with Gasteiger partial charge in [0.15, 0.2) is 0 Å². The van der Waals surface area contributed by atoms with E-state index >= 15 is 0 Å².